The lowest BCUT2D eigenvalue weighted by atomic mass is 9.87. The van der Waals surface area contributed by atoms with Crippen molar-refractivity contribution in [1.29, 1.82) is 0 Å². The Hall–Kier alpha value is -1.55. The van der Waals surface area contributed by atoms with Crippen LogP contribution in [-0.2, 0) is 6.61 Å². The van der Waals surface area contributed by atoms with Crippen LogP contribution in [0.25, 0.3) is 5.65 Å². The Morgan fingerprint density at radius 1 is 1.33 bits per heavy atom. The summed E-state index contributed by atoms with van der Waals surface area (Å²) in [5.41, 5.74) is 8.88. The quantitative estimate of drug-likeness (QED) is 0.854. The topological polar surface area (TPSA) is 63.5 Å². The van der Waals surface area contributed by atoms with E-state index in [1.807, 2.05) is 22.7 Å². The van der Waals surface area contributed by atoms with E-state index >= 15 is 0 Å². The van der Waals surface area contributed by atoms with Gasteiger partial charge in [-0.15, -0.1) is 0 Å². The fourth-order valence-electron chi connectivity index (χ4n) is 2.96. The van der Waals surface area contributed by atoms with Crippen LogP contribution in [0.1, 0.15) is 49.3 Å². The van der Waals surface area contributed by atoms with E-state index in [2.05, 4.69) is 4.98 Å². The number of aromatic nitrogens is 2. The molecule has 0 aromatic carbocycles. The normalized spacial score (nSPS) is 17.4. The van der Waals surface area contributed by atoms with Gasteiger partial charge < -0.3 is 10.8 Å². The van der Waals surface area contributed by atoms with Gasteiger partial charge in [-0.25, -0.2) is 4.98 Å². The zero-order valence-electron chi connectivity index (χ0n) is 10.5. The molecular weight excluding hydrogens is 226 g/mol. The maximum atomic E-state index is 9.35. The average Bonchev–Trinajstić information content (AvgIpc) is 2.77. The Kier molecular flexibility index (Phi) is 2.96. The third-order valence-electron chi connectivity index (χ3n) is 3.96. The van der Waals surface area contributed by atoms with Gasteiger partial charge in [-0.2, -0.15) is 0 Å². The number of nitrogens with two attached hydrogens (primary N) is 1. The Labute approximate surface area is 106 Å². The van der Waals surface area contributed by atoms with E-state index in [1.165, 1.54) is 32.1 Å². The highest BCUT2D eigenvalue weighted by Gasteiger charge is 2.22. The molecule has 3 N–H and O–H groups in total. The third kappa shape index (κ3) is 1.77. The highest BCUT2D eigenvalue weighted by atomic mass is 16.3. The summed E-state index contributed by atoms with van der Waals surface area (Å²) in [4.78, 5) is 4.68. The molecule has 0 saturated heterocycles. The molecule has 0 aliphatic heterocycles. The van der Waals surface area contributed by atoms with Crippen LogP contribution in [0.3, 0.4) is 0 Å². The van der Waals surface area contributed by atoms with Crippen LogP contribution in [0.5, 0.6) is 0 Å². The number of rotatable bonds is 2. The second-order valence-electron chi connectivity index (χ2n) is 5.10. The zero-order valence-corrected chi connectivity index (χ0v) is 10.5. The van der Waals surface area contributed by atoms with Gasteiger partial charge in [0.2, 0.25) is 0 Å². The molecule has 2 aromatic heterocycles. The molecule has 0 spiro atoms. The van der Waals surface area contributed by atoms with Crippen molar-refractivity contribution in [2.24, 2.45) is 0 Å². The number of anilines is 1. The maximum absolute atomic E-state index is 9.35. The number of nitrogen functional groups attached to an aromatic ring is 1. The molecule has 18 heavy (non-hydrogen) atoms. The molecule has 0 radical (unpaired) electrons. The summed E-state index contributed by atoms with van der Waals surface area (Å²) in [6.07, 6.45) is 8.15. The molecule has 1 saturated carbocycles. The Morgan fingerprint density at radius 3 is 2.83 bits per heavy atom. The molecule has 4 nitrogen and oxygen atoms in total. The van der Waals surface area contributed by atoms with E-state index in [0.29, 0.717) is 5.92 Å². The third-order valence-corrected chi connectivity index (χ3v) is 3.96. The zero-order chi connectivity index (χ0) is 12.5. The Balaban J connectivity index is 2.09. The van der Waals surface area contributed by atoms with Crippen LogP contribution in [0.15, 0.2) is 18.3 Å². The summed E-state index contributed by atoms with van der Waals surface area (Å²) in [6.45, 7) is 0.00486. The lowest BCUT2D eigenvalue weighted by molar-refractivity contribution is 0.282. The lowest BCUT2D eigenvalue weighted by Gasteiger charge is -2.20. The van der Waals surface area contributed by atoms with Crippen molar-refractivity contribution in [3.8, 4) is 0 Å². The van der Waals surface area contributed by atoms with Crippen molar-refractivity contribution in [1.82, 2.24) is 9.38 Å². The molecule has 96 valence electrons. The monoisotopic (exact) mass is 245 g/mol. The molecule has 3 rings (SSSR count). The molecular formula is C14H19N3O. The Morgan fingerprint density at radius 2 is 2.11 bits per heavy atom. The van der Waals surface area contributed by atoms with Gasteiger partial charge in [-0.1, -0.05) is 25.3 Å². The van der Waals surface area contributed by atoms with Crippen LogP contribution in [0, 0.1) is 0 Å². The van der Waals surface area contributed by atoms with Crippen molar-refractivity contribution in [2.75, 3.05) is 5.73 Å². The molecule has 0 amide bonds. The minimum absolute atomic E-state index is 0.00486. The first-order valence-electron chi connectivity index (χ1n) is 6.67. The summed E-state index contributed by atoms with van der Waals surface area (Å²) in [5.74, 6) is 1.23. The fourth-order valence-corrected chi connectivity index (χ4v) is 2.96. The van der Waals surface area contributed by atoms with Crippen LogP contribution >= 0.6 is 0 Å². The summed E-state index contributed by atoms with van der Waals surface area (Å²) in [7, 11) is 0. The highest BCUT2D eigenvalue weighted by Crippen LogP contribution is 2.35. The number of nitrogens with zero attached hydrogens (tertiary/aromatic N) is 2. The van der Waals surface area contributed by atoms with Gasteiger partial charge in [-0.3, -0.25) is 4.40 Å². The number of pyridine rings is 1. The number of fused-ring (bicyclic) bond motifs is 1. The predicted octanol–water partition coefficient (Wildman–Crippen LogP) is 2.46. The van der Waals surface area contributed by atoms with Gasteiger partial charge in [0.05, 0.1) is 12.3 Å². The number of aliphatic hydroxyl groups excluding tert-OH is 1. The minimum Gasteiger partial charge on any atom is -0.392 e. The first-order chi connectivity index (χ1) is 8.81. The predicted molar refractivity (Wildman–Crippen MR) is 71.4 cm³/mol. The van der Waals surface area contributed by atoms with Crippen LogP contribution in [-0.4, -0.2) is 14.5 Å². The van der Waals surface area contributed by atoms with Gasteiger partial charge in [0.15, 0.2) is 0 Å². The smallest absolute Gasteiger partial charge is 0.144 e. The van der Waals surface area contributed by atoms with Crippen molar-refractivity contribution < 1.29 is 5.11 Å². The molecule has 0 atom stereocenters. The summed E-state index contributed by atoms with van der Waals surface area (Å²) < 4.78 is 1.90. The molecule has 1 fully saturated rings. The molecule has 1 aliphatic carbocycles. The summed E-state index contributed by atoms with van der Waals surface area (Å²) in [5, 5.41) is 9.35. The van der Waals surface area contributed by atoms with Crippen molar-refractivity contribution in [3.05, 3.63) is 29.6 Å². The number of aliphatic hydroxyl groups is 1. The van der Waals surface area contributed by atoms with E-state index in [-0.39, 0.29) is 6.61 Å². The minimum atomic E-state index is 0.00486. The van der Waals surface area contributed by atoms with Gasteiger partial charge in [0, 0.05) is 17.7 Å². The van der Waals surface area contributed by atoms with E-state index in [9.17, 15) is 5.11 Å². The van der Waals surface area contributed by atoms with Crippen LogP contribution in [0.4, 0.5) is 5.82 Å². The molecule has 1 aliphatic rings. The summed E-state index contributed by atoms with van der Waals surface area (Å²) in [6, 6.07) is 3.80. The van der Waals surface area contributed by atoms with E-state index in [4.69, 9.17) is 5.73 Å². The number of hydrogen-bond donors (Lipinski definition) is 2. The standard InChI is InChI=1S/C14H19N3O/c15-13-12(10-5-2-1-3-6-10)16-14-11(9-18)7-4-8-17(13)14/h4,7-8,10,18H,1-3,5-6,9,15H2. The van der Waals surface area contributed by atoms with Gasteiger partial charge in [0.1, 0.15) is 11.5 Å². The van der Waals surface area contributed by atoms with Crippen LogP contribution in [0.2, 0.25) is 0 Å². The van der Waals surface area contributed by atoms with Gasteiger partial charge in [0.25, 0.3) is 0 Å². The second-order valence-corrected chi connectivity index (χ2v) is 5.10. The maximum Gasteiger partial charge on any atom is 0.144 e. The first kappa shape index (κ1) is 11.5. The van der Waals surface area contributed by atoms with Crippen LogP contribution < -0.4 is 5.73 Å². The fraction of sp³-hybridized carbons (Fsp3) is 0.500. The average molecular weight is 245 g/mol. The van der Waals surface area contributed by atoms with Crippen molar-refractivity contribution >= 4 is 11.5 Å². The van der Waals surface area contributed by atoms with E-state index in [0.717, 1.165) is 22.7 Å². The first-order valence-corrected chi connectivity index (χ1v) is 6.67. The Bertz CT molecular complexity index is 555. The molecule has 0 bridgehead atoms. The number of imidazole rings is 1. The SMILES string of the molecule is Nc1c(C2CCCCC2)nc2c(CO)cccn12. The molecule has 0 unspecified atom stereocenters. The number of hydrogen-bond acceptors (Lipinski definition) is 3. The lowest BCUT2D eigenvalue weighted by Crippen LogP contribution is -2.07. The van der Waals surface area contributed by atoms with E-state index in [1.54, 1.807) is 0 Å². The largest absolute Gasteiger partial charge is 0.392 e. The second kappa shape index (κ2) is 4.61. The van der Waals surface area contributed by atoms with Gasteiger partial charge in [-0.05, 0) is 18.9 Å². The molecule has 4 heteroatoms. The molecule has 2 aromatic rings. The van der Waals surface area contributed by atoms with Gasteiger partial charge >= 0.3 is 0 Å². The highest BCUT2D eigenvalue weighted by molar-refractivity contribution is 5.58. The molecule has 2 heterocycles. The van der Waals surface area contributed by atoms with Crippen molar-refractivity contribution in [3.63, 3.8) is 0 Å². The summed E-state index contributed by atoms with van der Waals surface area (Å²) >= 11 is 0. The van der Waals surface area contributed by atoms with E-state index < -0.39 is 0 Å². The van der Waals surface area contributed by atoms with Crippen molar-refractivity contribution in [2.45, 2.75) is 44.6 Å².